The molecule has 0 spiro atoms. The van der Waals surface area contributed by atoms with E-state index in [0.717, 1.165) is 31.1 Å². The van der Waals surface area contributed by atoms with E-state index in [1.54, 1.807) is 6.07 Å². The SMILES string of the molecule is CCNC(=O)c1ccc(CN2CCCC(C)C2)c(N)c1. The van der Waals surface area contributed by atoms with E-state index >= 15 is 0 Å². The van der Waals surface area contributed by atoms with Crippen molar-refractivity contribution in [2.45, 2.75) is 33.2 Å². The number of likely N-dealkylation sites (tertiary alicyclic amines) is 1. The molecule has 1 aromatic rings. The Morgan fingerprint density at radius 3 is 2.95 bits per heavy atom. The van der Waals surface area contributed by atoms with Crippen molar-refractivity contribution in [1.29, 1.82) is 0 Å². The van der Waals surface area contributed by atoms with E-state index in [4.69, 9.17) is 5.73 Å². The molecular weight excluding hydrogens is 250 g/mol. The van der Waals surface area contributed by atoms with Crippen LogP contribution in [0, 0.1) is 5.92 Å². The normalized spacial score (nSPS) is 19.8. The number of carbonyl (C=O) groups is 1. The number of hydrogen-bond acceptors (Lipinski definition) is 3. The number of rotatable bonds is 4. The van der Waals surface area contributed by atoms with Gasteiger partial charge < -0.3 is 11.1 Å². The molecule has 20 heavy (non-hydrogen) atoms. The van der Waals surface area contributed by atoms with Crippen LogP contribution in [0.3, 0.4) is 0 Å². The van der Waals surface area contributed by atoms with Crippen molar-refractivity contribution in [3.05, 3.63) is 29.3 Å². The predicted octanol–water partition coefficient (Wildman–Crippen LogP) is 2.25. The first kappa shape index (κ1) is 14.9. The largest absolute Gasteiger partial charge is 0.398 e. The standard InChI is InChI=1S/C16H25N3O/c1-3-18-16(20)13-6-7-14(15(17)9-13)11-19-8-4-5-12(2)10-19/h6-7,9,12H,3-5,8,10-11,17H2,1-2H3,(H,18,20). The van der Waals surface area contributed by atoms with Gasteiger partial charge in [-0.15, -0.1) is 0 Å². The summed E-state index contributed by atoms with van der Waals surface area (Å²) in [5.41, 5.74) is 8.57. The van der Waals surface area contributed by atoms with Crippen LogP contribution < -0.4 is 11.1 Å². The van der Waals surface area contributed by atoms with Gasteiger partial charge in [-0.25, -0.2) is 0 Å². The number of piperidine rings is 1. The van der Waals surface area contributed by atoms with E-state index in [-0.39, 0.29) is 5.91 Å². The first-order valence-electron chi connectivity index (χ1n) is 7.49. The molecule has 0 bridgehead atoms. The van der Waals surface area contributed by atoms with E-state index in [0.29, 0.717) is 17.8 Å². The van der Waals surface area contributed by atoms with Gasteiger partial charge in [-0.2, -0.15) is 0 Å². The van der Waals surface area contributed by atoms with Gasteiger partial charge >= 0.3 is 0 Å². The molecule has 110 valence electrons. The van der Waals surface area contributed by atoms with E-state index in [1.807, 2.05) is 19.1 Å². The third-order valence-electron chi connectivity index (χ3n) is 3.88. The van der Waals surface area contributed by atoms with Crippen LogP contribution in [0.25, 0.3) is 0 Å². The van der Waals surface area contributed by atoms with Crippen molar-refractivity contribution in [1.82, 2.24) is 10.2 Å². The van der Waals surface area contributed by atoms with Crippen molar-refractivity contribution >= 4 is 11.6 Å². The first-order chi connectivity index (χ1) is 9.60. The number of hydrogen-bond donors (Lipinski definition) is 2. The maximum Gasteiger partial charge on any atom is 0.251 e. The number of carbonyl (C=O) groups excluding carboxylic acids is 1. The Bertz CT molecular complexity index is 473. The second kappa shape index (κ2) is 6.75. The van der Waals surface area contributed by atoms with Crippen LogP contribution in [0.2, 0.25) is 0 Å². The minimum Gasteiger partial charge on any atom is -0.398 e. The fraction of sp³-hybridized carbons (Fsp3) is 0.562. The summed E-state index contributed by atoms with van der Waals surface area (Å²) in [6.07, 6.45) is 2.58. The smallest absolute Gasteiger partial charge is 0.251 e. The van der Waals surface area contributed by atoms with Crippen LogP contribution in [0.4, 0.5) is 5.69 Å². The zero-order valence-corrected chi connectivity index (χ0v) is 12.5. The van der Waals surface area contributed by atoms with Gasteiger partial charge in [0.2, 0.25) is 0 Å². The highest BCUT2D eigenvalue weighted by Crippen LogP contribution is 2.21. The Balaban J connectivity index is 2.04. The molecule has 1 fully saturated rings. The monoisotopic (exact) mass is 275 g/mol. The Labute approximate surface area is 121 Å². The Morgan fingerprint density at radius 1 is 1.50 bits per heavy atom. The van der Waals surface area contributed by atoms with E-state index in [2.05, 4.69) is 17.1 Å². The van der Waals surface area contributed by atoms with E-state index < -0.39 is 0 Å². The molecule has 0 aliphatic carbocycles. The minimum atomic E-state index is -0.0580. The average molecular weight is 275 g/mol. The molecule has 0 aromatic heterocycles. The number of nitrogens with zero attached hydrogens (tertiary/aromatic N) is 1. The lowest BCUT2D eigenvalue weighted by Crippen LogP contribution is -2.34. The van der Waals surface area contributed by atoms with Crippen molar-refractivity contribution in [3.8, 4) is 0 Å². The van der Waals surface area contributed by atoms with Gasteiger partial charge in [0.05, 0.1) is 0 Å². The van der Waals surface area contributed by atoms with Crippen molar-refractivity contribution in [3.63, 3.8) is 0 Å². The van der Waals surface area contributed by atoms with Crippen LogP contribution in [-0.4, -0.2) is 30.4 Å². The van der Waals surface area contributed by atoms with Crippen molar-refractivity contribution in [2.75, 3.05) is 25.4 Å². The summed E-state index contributed by atoms with van der Waals surface area (Å²) < 4.78 is 0. The molecule has 1 saturated heterocycles. The molecule has 4 heteroatoms. The highest BCUT2D eigenvalue weighted by atomic mass is 16.1. The van der Waals surface area contributed by atoms with Gasteiger partial charge in [-0.3, -0.25) is 9.69 Å². The molecule has 1 amide bonds. The topological polar surface area (TPSA) is 58.4 Å². The lowest BCUT2D eigenvalue weighted by molar-refractivity contribution is 0.0956. The zero-order valence-electron chi connectivity index (χ0n) is 12.5. The first-order valence-corrected chi connectivity index (χ1v) is 7.49. The van der Waals surface area contributed by atoms with Gasteiger partial charge in [-0.1, -0.05) is 13.0 Å². The summed E-state index contributed by atoms with van der Waals surface area (Å²) in [5, 5.41) is 2.79. The number of amides is 1. The summed E-state index contributed by atoms with van der Waals surface area (Å²) in [5.74, 6) is 0.705. The summed E-state index contributed by atoms with van der Waals surface area (Å²) in [7, 11) is 0. The third kappa shape index (κ3) is 3.73. The Kier molecular flexibility index (Phi) is 5.01. The Hall–Kier alpha value is -1.55. The molecule has 3 N–H and O–H groups in total. The fourth-order valence-electron chi connectivity index (χ4n) is 2.81. The van der Waals surface area contributed by atoms with Crippen molar-refractivity contribution < 1.29 is 4.79 Å². The second-order valence-electron chi connectivity index (χ2n) is 5.76. The molecule has 1 unspecified atom stereocenters. The van der Waals surface area contributed by atoms with Crippen LogP contribution in [0.5, 0.6) is 0 Å². The van der Waals surface area contributed by atoms with Crippen LogP contribution in [0.15, 0.2) is 18.2 Å². The molecule has 2 rings (SSSR count). The lowest BCUT2D eigenvalue weighted by atomic mass is 9.99. The number of anilines is 1. The third-order valence-corrected chi connectivity index (χ3v) is 3.88. The number of nitrogens with two attached hydrogens (primary N) is 1. The molecular formula is C16H25N3O. The fourth-order valence-corrected chi connectivity index (χ4v) is 2.81. The maximum absolute atomic E-state index is 11.8. The maximum atomic E-state index is 11.8. The molecule has 1 atom stereocenters. The predicted molar refractivity (Wildman–Crippen MR) is 82.5 cm³/mol. The van der Waals surface area contributed by atoms with Gasteiger partial charge in [0.25, 0.3) is 5.91 Å². The van der Waals surface area contributed by atoms with Gasteiger partial charge in [0.15, 0.2) is 0 Å². The van der Waals surface area contributed by atoms with Gasteiger partial charge in [0, 0.05) is 30.9 Å². The number of nitrogens with one attached hydrogen (secondary N) is 1. The second-order valence-corrected chi connectivity index (χ2v) is 5.76. The molecule has 4 nitrogen and oxygen atoms in total. The number of benzene rings is 1. The highest BCUT2D eigenvalue weighted by molar-refractivity contribution is 5.95. The van der Waals surface area contributed by atoms with Gasteiger partial charge in [0.1, 0.15) is 0 Å². The summed E-state index contributed by atoms with van der Waals surface area (Å²) >= 11 is 0. The van der Waals surface area contributed by atoms with Crippen molar-refractivity contribution in [2.24, 2.45) is 5.92 Å². The van der Waals surface area contributed by atoms with Crippen LogP contribution in [0.1, 0.15) is 42.6 Å². The summed E-state index contributed by atoms with van der Waals surface area (Å²) in [6.45, 7) is 8.00. The quantitative estimate of drug-likeness (QED) is 0.829. The number of nitrogen functional groups attached to an aromatic ring is 1. The molecule has 1 aliphatic rings. The molecule has 1 aliphatic heterocycles. The van der Waals surface area contributed by atoms with E-state index in [9.17, 15) is 4.79 Å². The van der Waals surface area contributed by atoms with E-state index in [1.165, 1.54) is 12.8 Å². The van der Waals surface area contributed by atoms with Gasteiger partial charge in [-0.05, 0) is 49.9 Å². The molecule has 0 saturated carbocycles. The van der Waals surface area contributed by atoms with Crippen LogP contribution >= 0.6 is 0 Å². The average Bonchev–Trinajstić information content (AvgIpc) is 2.41. The molecule has 1 heterocycles. The summed E-state index contributed by atoms with van der Waals surface area (Å²) in [6, 6.07) is 5.64. The minimum absolute atomic E-state index is 0.0580. The summed E-state index contributed by atoms with van der Waals surface area (Å²) in [4.78, 5) is 14.2. The zero-order chi connectivity index (χ0) is 14.5. The Morgan fingerprint density at radius 2 is 2.30 bits per heavy atom. The lowest BCUT2D eigenvalue weighted by Gasteiger charge is -2.31. The highest BCUT2D eigenvalue weighted by Gasteiger charge is 2.17. The molecule has 1 aromatic carbocycles. The molecule has 0 radical (unpaired) electrons. The van der Waals surface area contributed by atoms with Crippen LogP contribution in [-0.2, 0) is 6.54 Å².